The highest BCUT2D eigenvalue weighted by Gasteiger charge is 2.16. The van der Waals surface area contributed by atoms with Gasteiger partial charge in [0.15, 0.2) is 0 Å². The molecule has 0 aliphatic carbocycles. The van der Waals surface area contributed by atoms with Crippen LogP contribution in [0.2, 0.25) is 0 Å². The van der Waals surface area contributed by atoms with Crippen molar-refractivity contribution in [1.29, 1.82) is 0 Å². The van der Waals surface area contributed by atoms with Gasteiger partial charge in [0.1, 0.15) is 31.0 Å². The molecule has 26 heavy (non-hydrogen) atoms. The standard InChI is InChI=1S/C19H19BN4O2/c1-25-17-8-13(20)7-12-10-22-19(24-18(12)17)23-14-3-2-4-15(9-14)26-16-5-6-21-11-16/h2-4,7-10,16,21H,5-6,11H2,1H3,(H,22,23,24)/t16-/m1/s1. The van der Waals surface area contributed by atoms with Crippen LogP contribution in [0.15, 0.2) is 42.6 Å². The van der Waals surface area contributed by atoms with E-state index in [2.05, 4.69) is 20.6 Å². The smallest absolute Gasteiger partial charge is 0.227 e. The number of hydrogen-bond donors (Lipinski definition) is 2. The van der Waals surface area contributed by atoms with E-state index in [1.54, 1.807) is 19.4 Å². The van der Waals surface area contributed by atoms with Crippen LogP contribution in [-0.4, -0.2) is 44.1 Å². The average molecular weight is 346 g/mol. The van der Waals surface area contributed by atoms with E-state index < -0.39 is 0 Å². The van der Waals surface area contributed by atoms with Crippen LogP contribution in [0.3, 0.4) is 0 Å². The van der Waals surface area contributed by atoms with Gasteiger partial charge in [-0.05, 0) is 31.2 Å². The first-order valence-electron chi connectivity index (χ1n) is 8.56. The molecular formula is C19H19BN4O2. The minimum absolute atomic E-state index is 0.219. The van der Waals surface area contributed by atoms with Gasteiger partial charge in [0.05, 0.1) is 7.11 Å². The lowest BCUT2D eigenvalue weighted by atomic mass is 9.94. The average Bonchev–Trinajstić information content (AvgIpc) is 3.14. The van der Waals surface area contributed by atoms with Gasteiger partial charge in [-0.15, -0.1) is 0 Å². The first kappa shape index (κ1) is 16.7. The highest BCUT2D eigenvalue weighted by Crippen LogP contribution is 2.25. The molecule has 1 fully saturated rings. The van der Waals surface area contributed by atoms with E-state index in [-0.39, 0.29) is 6.10 Å². The van der Waals surface area contributed by atoms with Gasteiger partial charge < -0.3 is 20.1 Å². The highest BCUT2D eigenvalue weighted by atomic mass is 16.5. The van der Waals surface area contributed by atoms with Crippen molar-refractivity contribution in [2.24, 2.45) is 0 Å². The molecule has 1 saturated heterocycles. The number of aromatic nitrogens is 2. The summed E-state index contributed by atoms with van der Waals surface area (Å²) in [5.41, 5.74) is 2.19. The number of nitrogens with one attached hydrogen (secondary N) is 2. The number of methoxy groups -OCH3 is 1. The molecule has 1 aliphatic rings. The van der Waals surface area contributed by atoms with E-state index in [0.29, 0.717) is 22.7 Å². The van der Waals surface area contributed by atoms with E-state index in [1.807, 2.05) is 30.3 Å². The molecule has 1 aliphatic heterocycles. The van der Waals surface area contributed by atoms with E-state index in [4.69, 9.17) is 17.3 Å². The molecular weight excluding hydrogens is 327 g/mol. The van der Waals surface area contributed by atoms with Crippen molar-refractivity contribution in [3.63, 3.8) is 0 Å². The Hall–Kier alpha value is -2.80. The van der Waals surface area contributed by atoms with E-state index in [1.165, 1.54) is 0 Å². The second-order valence-corrected chi connectivity index (χ2v) is 6.24. The Morgan fingerprint density at radius 3 is 3.00 bits per heavy atom. The van der Waals surface area contributed by atoms with Crippen LogP contribution in [0.5, 0.6) is 11.5 Å². The van der Waals surface area contributed by atoms with Gasteiger partial charge in [-0.2, -0.15) is 0 Å². The number of hydrogen-bond acceptors (Lipinski definition) is 6. The zero-order valence-corrected chi connectivity index (χ0v) is 14.5. The maximum atomic E-state index is 6.00. The van der Waals surface area contributed by atoms with Crippen molar-refractivity contribution < 1.29 is 9.47 Å². The van der Waals surface area contributed by atoms with Crippen molar-refractivity contribution in [2.45, 2.75) is 12.5 Å². The summed E-state index contributed by atoms with van der Waals surface area (Å²) in [5, 5.41) is 7.35. The number of benzene rings is 2. The molecule has 0 bridgehead atoms. The van der Waals surface area contributed by atoms with Crippen molar-refractivity contribution in [3.05, 3.63) is 42.6 Å². The summed E-state index contributed by atoms with van der Waals surface area (Å²) >= 11 is 0. The molecule has 0 saturated carbocycles. The largest absolute Gasteiger partial charge is 0.494 e. The summed E-state index contributed by atoms with van der Waals surface area (Å²) in [6.07, 6.45) is 2.97. The quantitative estimate of drug-likeness (QED) is 0.688. The minimum atomic E-state index is 0.219. The molecule has 6 nitrogen and oxygen atoms in total. The van der Waals surface area contributed by atoms with Crippen LogP contribution in [0.25, 0.3) is 10.9 Å². The van der Waals surface area contributed by atoms with Crippen molar-refractivity contribution in [2.75, 3.05) is 25.5 Å². The molecule has 0 amide bonds. The van der Waals surface area contributed by atoms with Crippen molar-refractivity contribution >= 4 is 35.8 Å². The summed E-state index contributed by atoms with van der Waals surface area (Å²) in [6.45, 7) is 1.88. The Morgan fingerprint density at radius 1 is 1.27 bits per heavy atom. The fraction of sp³-hybridized carbons (Fsp3) is 0.263. The van der Waals surface area contributed by atoms with Crippen LogP contribution in [-0.2, 0) is 0 Å². The lowest BCUT2D eigenvalue weighted by Gasteiger charge is -2.14. The summed E-state index contributed by atoms with van der Waals surface area (Å²) in [6, 6.07) is 11.4. The Balaban J connectivity index is 1.57. The van der Waals surface area contributed by atoms with Gasteiger partial charge in [-0.3, -0.25) is 0 Å². The van der Waals surface area contributed by atoms with Crippen LogP contribution in [0.1, 0.15) is 6.42 Å². The molecule has 0 spiro atoms. The lowest BCUT2D eigenvalue weighted by Crippen LogP contribution is -2.19. The number of fused-ring (bicyclic) bond motifs is 1. The summed E-state index contributed by atoms with van der Waals surface area (Å²) in [7, 11) is 7.48. The normalized spacial score (nSPS) is 16.6. The van der Waals surface area contributed by atoms with Crippen molar-refractivity contribution in [1.82, 2.24) is 15.3 Å². The van der Waals surface area contributed by atoms with E-state index in [9.17, 15) is 0 Å². The van der Waals surface area contributed by atoms with E-state index in [0.717, 1.165) is 36.3 Å². The lowest BCUT2D eigenvalue weighted by molar-refractivity contribution is 0.223. The zero-order valence-electron chi connectivity index (χ0n) is 14.5. The molecule has 0 unspecified atom stereocenters. The molecule has 3 aromatic rings. The second kappa shape index (κ2) is 7.21. The SMILES string of the molecule is [B]c1cc(OC)c2nc(Nc3cccc(O[C@@H]4CCNC4)c3)ncc2c1. The maximum Gasteiger partial charge on any atom is 0.227 e. The van der Waals surface area contributed by atoms with Gasteiger partial charge in [0.25, 0.3) is 0 Å². The van der Waals surface area contributed by atoms with Crippen LogP contribution < -0.4 is 25.6 Å². The van der Waals surface area contributed by atoms with Crippen molar-refractivity contribution in [3.8, 4) is 11.5 Å². The summed E-state index contributed by atoms with van der Waals surface area (Å²) in [4.78, 5) is 8.93. The monoisotopic (exact) mass is 346 g/mol. The molecule has 1 atom stereocenters. The third kappa shape index (κ3) is 3.58. The summed E-state index contributed by atoms with van der Waals surface area (Å²) in [5.74, 6) is 1.94. The Kier molecular flexibility index (Phi) is 4.62. The predicted octanol–water partition coefficient (Wildman–Crippen LogP) is 1.92. The van der Waals surface area contributed by atoms with Gasteiger partial charge in [0, 0.05) is 29.9 Å². The molecule has 1 aromatic heterocycles. The number of rotatable bonds is 5. The number of nitrogens with zero attached hydrogens (tertiary/aromatic N) is 2. The first-order valence-corrected chi connectivity index (χ1v) is 8.56. The van der Waals surface area contributed by atoms with Gasteiger partial charge in [0.2, 0.25) is 5.95 Å². The fourth-order valence-corrected chi connectivity index (χ4v) is 3.05. The van der Waals surface area contributed by atoms with Crippen LogP contribution >= 0.6 is 0 Å². The molecule has 2 N–H and O–H groups in total. The Labute approximate surface area is 153 Å². The van der Waals surface area contributed by atoms with Gasteiger partial charge >= 0.3 is 0 Å². The maximum absolute atomic E-state index is 6.00. The van der Waals surface area contributed by atoms with Crippen LogP contribution in [0, 0.1) is 0 Å². The van der Waals surface area contributed by atoms with E-state index >= 15 is 0 Å². The van der Waals surface area contributed by atoms with Gasteiger partial charge in [-0.1, -0.05) is 17.6 Å². The molecule has 2 heterocycles. The second-order valence-electron chi connectivity index (χ2n) is 6.24. The minimum Gasteiger partial charge on any atom is -0.494 e. The number of ether oxygens (including phenoxy) is 2. The number of anilines is 2. The zero-order chi connectivity index (χ0) is 17.9. The molecule has 2 radical (unpaired) electrons. The highest BCUT2D eigenvalue weighted by molar-refractivity contribution is 6.33. The first-order chi connectivity index (χ1) is 12.7. The van der Waals surface area contributed by atoms with Gasteiger partial charge in [-0.25, -0.2) is 9.97 Å². The third-order valence-corrected chi connectivity index (χ3v) is 4.30. The third-order valence-electron chi connectivity index (χ3n) is 4.30. The molecule has 4 rings (SSSR count). The summed E-state index contributed by atoms with van der Waals surface area (Å²) < 4.78 is 11.4. The molecule has 7 heteroatoms. The Morgan fingerprint density at radius 2 is 2.19 bits per heavy atom. The topological polar surface area (TPSA) is 68.3 Å². The van der Waals surface area contributed by atoms with Crippen LogP contribution in [0.4, 0.5) is 11.6 Å². The molecule has 2 aromatic carbocycles. The molecule has 130 valence electrons. The Bertz CT molecular complexity index is 929. The predicted molar refractivity (Wildman–Crippen MR) is 103 cm³/mol. The fourth-order valence-electron chi connectivity index (χ4n) is 3.05.